The third-order valence-electron chi connectivity index (χ3n) is 5.60. The zero-order valence-electron chi connectivity index (χ0n) is 18.5. The van der Waals surface area contributed by atoms with Gasteiger partial charge in [0.15, 0.2) is 5.13 Å². The van der Waals surface area contributed by atoms with E-state index in [0.717, 1.165) is 35.5 Å². The van der Waals surface area contributed by atoms with Gasteiger partial charge in [0.1, 0.15) is 0 Å². The Balaban J connectivity index is 1.62. The highest BCUT2D eigenvalue weighted by Crippen LogP contribution is 2.31. The van der Waals surface area contributed by atoms with Crippen molar-refractivity contribution in [2.75, 3.05) is 17.7 Å². The van der Waals surface area contributed by atoms with E-state index in [1.165, 1.54) is 23.1 Å². The topological polar surface area (TPSA) is 91.8 Å². The molecule has 0 radical (unpaired) electrons. The van der Waals surface area contributed by atoms with Crippen LogP contribution in [-0.2, 0) is 16.1 Å². The molecule has 1 atom stereocenters. The van der Waals surface area contributed by atoms with Crippen molar-refractivity contribution in [1.29, 1.82) is 0 Å². The van der Waals surface area contributed by atoms with Crippen LogP contribution in [-0.4, -0.2) is 51.4 Å². The van der Waals surface area contributed by atoms with Crippen molar-refractivity contribution in [3.63, 3.8) is 0 Å². The fourth-order valence-corrected chi connectivity index (χ4v) is 5.50. The number of rotatable bonds is 10. The molecule has 1 heterocycles. The minimum absolute atomic E-state index is 0.0300. The van der Waals surface area contributed by atoms with E-state index >= 15 is 0 Å². The average Bonchev–Trinajstić information content (AvgIpc) is 3.22. The number of aromatic nitrogens is 1. The lowest BCUT2D eigenvalue weighted by molar-refractivity contribution is -0.133. The quantitative estimate of drug-likeness (QED) is 0.449. The summed E-state index contributed by atoms with van der Waals surface area (Å²) in [5.74, 6) is -0.220. The number of nitrogens with one attached hydrogen (secondary N) is 1. The van der Waals surface area contributed by atoms with Crippen LogP contribution in [0.3, 0.4) is 0 Å². The van der Waals surface area contributed by atoms with Crippen LogP contribution in [0.25, 0.3) is 0 Å². The Morgan fingerprint density at radius 1 is 1.28 bits per heavy atom. The van der Waals surface area contributed by atoms with Crippen LogP contribution >= 0.6 is 23.1 Å². The third-order valence-corrected chi connectivity index (χ3v) is 7.69. The summed E-state index contributed by atoms with van der Waals surface area (Å²) in [6, 6.07) is 9.92. The number of thiazole rings is 1. The molecular weight excluding hydrogens is 446 g/mol. The van der Waals surface area contributed by atoms with E-state index < -0.39 is 5.97 Å². The van der Waals surface area contributed by atoms with E-state index in [9.17, 15) is 9.59 Å². The molecule has 1 saturated carbocycles. The number of ether oxygens (including phenoxy) is 1. The first-order chi connectivity index (χ1) is 15.4. The first-order valence-corrected chi connectivity index (χ1v) is 12.7. The van der Waals surface area contributed by atoms with Crippen LogP contribution in [0.5, 0.6) is 0 Å². The van der Waals surface area contributed by atoms with Gasteiger partial charge in [-0.05, 0) is 44.1 Å². The molecule has 9 heteroatoms. The minimum atomic E-state index is -0.879. The smallest absolute Gasteiger partial charge is 0.324 e. The van der Waals surface area contributed by atoms with E-state index in [0.29, 0.717) is 24.3 Å². The van der Waals surface area contributed by atoms with Gasteiger partial charge in [-0.1, -0.05) is 48.6 Å². The molecule has 1 aromatic heterocycles. The average molecular weight is 478 g/mol. The number of amides is 2. The van der Waals surface area contributed by atoms with Gasteiger partial charge in [0.05, 0.1) is 35.4 Å². The number of urea groups is 1. The Labute approximate surface area is 197 Å². The SMILES string of the molecule is CC(COCc1ccccc1)N(C(=O)Nc1ncc(SCC(=O)O)s1)[C@H]1CC[C@H](C)CC1. The number of anilines is 1. The molecule has 2 aromatic rings. The Morgan fingerprint density at radius 2 is 2.00 bits per heavy atom. The monoisotopic (exact) mass is 477 g/mol. The van der Waals surface area contributed by atoms with Gasteiger partial charge in [-0.25, -0.2) is 9.78 Å². The molecule has 0 saturated heterocycles. The summed E-state index contributed by atoms with van der Waals surface area (Å²) in [6.07, 6.45) is 5.79. The molecule has 1 fully saturated rings. The summed E-state index contributed by atoms with van der Waals surface area (Å²) in [7, 11) is 0. The predicted molar refractivity (Wildman–Crippen MR) is 128 cm³/mol. The number of carboxylic acids is 1. The Kier molecular flexibility index (Phi) is 9.37. The number of hydrogen-bond acceptors (Lipinski definition) is 6. The van der Waals surface area contributed by atoms with Crippen LogP contribution in [0.4, 0.5) is 9.93 Å². The lowest BCUT2D eigenvalue weighted by atomic mass is 9.86. The summed E-state index contributed by atoms with van der Waals surface area (Å²) in [6.45, 7) is 5.25. The van der Waals surface area contributed by atoms with Crippen molar-refractivity contribution in [1.82, 2.24) is 9.88 Å². The Bertz CT molecular complexity index is 869. The standard InChI is InChI=1S/C23H31N3O4S2/c1-16-8-10-19(11-9-16)26(17(2)13-30-14-18-6-4-3-5-7-18)23(29)25-22-24-12-21(32-22)31-15-20(27)28/h3-7,12,16-17,19H,8-11,13-15H2,1-2H3,(H,27,28)(H,24,25,29)/t16-,17?,19-. The molecule has 0 bridgehead atoms. The Morgan fingerprint density at radius 3 is 2.69 bits per heavy atom. The molecular formula is C23H31N3O4S2. The third kappa shape index (κ3) is 7.50. The number of thioether (sulfide) groups is 1. The van der Waals surface area contributed by atoms with E-state index in [-0.39, 0.29) is 23.9 Å². The van der Waals surface area contributed by atoms with Crippen LogP contribution in [0.15, 0.2) is 40.7 Å². The van der Waals surface area contributed by atoms with Crippen LogP contribution in [0, 0.1) is 5.92 Å². The molecule has 2 N–H and O–H groups in total. The van der Waals surface area contributed by atoms with Crippen molar-refractivity contribution in [2.45, 2.75) is 62.4 Å². The highest BCUT2D eigenvalue weighted by molar-refractivity contribution is 8.01. The van der Waals surface area contributed by atoms with E-state index in [1.54, 1.807) is 6.20 Å². The maximum absolute atomic E-state index is 13.3. The van der Waals surface area contributed by atoms with Crippen LogP contribution < -0.4 is 5.32 Å². The van der Waals surface area contributed by atoms with Gasteiger partial charge in [-0.15, -0.1) is 11.8 Å². The fourth-order valence-electron chi connectivity index (χ4n) is 3.92. The first-order valence-electron chi connectivity index (χ1n) is 10.9. The zero-order chi connectivity index (χ0) is 22.9. The minimum Gasteiger partial charge on any atom is -0.481 e. The van der Waals surface area contributed by atoms with E-state index in [1.807, 2.05) is 42.2 Å². The maximum Gasteiger partial charge on any atom is 0.324 e. The maximum atomic E-state index is 13.3. The molecule has 0 aliphatic heterocycles. The highest BCUT2D eigenvalue weighted by atomic mass is 32.2. The molecule has 3 rings (SSSR count). The van der Waals surface area contributed by atoms with Gasteiger partial charge in [0.25, 0.3) is 0 Å². The molecule has 1 aliphatic rings. The van der Waals surface area contributed by atoms with Gasteiger partial charge in [-0.2, -0.15) is 0 Å². The summed E-state index contributed by atoms with van der Waals surface area (Å²) in [4.78, 5) is 30.2. The number of carbonyl (C=O) groups is 2. The molecule has 2 amide bonds. The molecule has 174 valence electrons. The summed E-state index contributed by atoms with van der Waals surface area (Å²) < 4.78 is 6.70. The van der Waals surface area contributed by atoms with Crippen molar-refractivity contribution in [3.05, 3.63) is 42.1 Å². The normalized spacial score (nSPS) is 19.3. The van der Waals surface area contributed by atoms with Gasteiger partial charge in [-0.3, -0.25) is 10.1 Å². The lowest BCUT2D eigenvalue weighted by Gasteiger charge is -2.39. The van der Waals surface area contributed by atoms with Crippen molar-refractivity contribution in [3.8, 4) is 0 Å². The summed E-state index contributed by atoms with van der Waals surface area (Å²) in [5.41, 5.74) is 1.11. The van der Waals surface area contributed by atoms with Gasteiger partial charge in [0, 0.05) is 6.04 Å². The van der Waals surface area contributed by atoms with Gasteiger partial charge < -0.3 is 14.7 Å². The summed E-state index contributed by atoms with van der Waals surface area (Å²) >= 11 is 2.49. The molecule has 7 nitrogen and oxygen atoms in total. The molecule has 1 unspecified atom stereocenters. The number of benzene rings is 1. The second kappa shape index (κ2) is 12.2. The van der Waals surface area contributed by atoms with Crippen molar-refractivity contribution < 1.29 is 19.4 Å². The van der Waals surface area contributed by atoms with Crippen molar-refractivity contribution >= 4 is 40.2 Å². The van der Waals surface area contributed by atoms with Gasteiger partial charge >= 0.3 is 12.0 Å². The number of aliphatic carboxylic acids is 1. The van der Waals surface area contributed by atoms with Crippen molar-refractivity contribution in [2.24, 2.45) is 5.92 Å². The second-order valence-electron chi connectivity index (χ2n) is 8.27. The Hall–Kier alpha value is -2.10. The second-order valence-corrected chi connectivity index (χ2v) is 10.6. The number of nitrogens with zero attached hydrogens (tertiary/aromatic N) is 2. The molecule has 32 heavy (non-hydrogen) atoms. The largest absolute Gasteiger partial charge is 0.481 e. The highest BCUT2D eigenvalue weighted by Gasteiger charge is 2.31. The molecule has 1 aliphatic carbocycles. The molecule has 1 aromatic carbocycles. The predicted octanol–water partition coefficient (Wildman–Crippen LogP) is 5.34. The first kappa shape index (κ1) is 24.5. The fraction of sp³-hybridized carbons (Fsp3) is 0.522. The zero-order valence-corrected chi connectivity index (χ0v) is 20.2. The van der Waals surface area contributed by atoms with Crippen LogP contribution in [0.2, 0.25) is 0 Å². The van der Waals surface area contributed by atoms with Gasteiger partial charge in [0.2, 0.25) is 0 Å². The number of carboxylic acid groups (broad SMARTS) is 1. The molecule has 0 spiro atoms. The van der Waals surface area contributed by atoms with Crippen LogP contribution in [0.1, 0.15) is 45.1 Å². The number of carbonyl (C=O) groups excluding carboxylic acids is 1. The number of hydrogen-bond donors (Lipinski definition) is 2. The van der Waals surface area contributed by atoms with E-state index in [4.69, 9.17) is 9.84 Å². The summed E-state index contributed by atoms with van der Waals surface area (Å²) in [5, 5.41) is 12.2. The lowest BCUT2D eigenvalue weighted by Crippen LogP contribution is -2.50. The van der Waals surface area contributed by atoms with E-state index in [2.05, 4.69) is 17.2 Å².